The molecule has 0 aromatic heterocycles. The van der Waals surface area contributed by atoms with Crippen molar-refractivity contribution in [2.75, 3.05) is 6.54 Å². The van der Waals surface area contributed by atoms with Gasteiger partial charge in [0.1, 0.15) is 11.8 Å². The zero-order chi connectivity index (χ0) is 31.0. The van der Waals surface area contributed by atoms with Gasteiger partial charge in [-0.05, 0) is 65.4 Å². The second-order valence-electron chi connectivity index (χ2n) is 10.9. The SMILES string of the molecule is CCCCCCCCCC(=O)N1CCc2cc(OC(=O)c3ccccc3-c3ccc(C(F)(F)F)cc3)ccc2C1C(N)=O. The summed E-state index contributed by atoms with van der Waals surface area (Å²) in [7, 11) is 0. The van der Waals surface area contributed by atoms with E-state index in [2.05, 4.69) is 6.92 Å². The Balaban J connectivity index is 1.44. The van der Waals surface area contributed by atoms with Gasteiger partial charge in [0.05, 0.1) is 11.1 Å². The lowest BCUT2D eigenvalue weighted by molar-refractivity contribution is -0.140. The van der Waals surface area contributed by atoms with Crippen LogP contribution in [-0.4, -0.2) is 29.2 Å². The lowest BCUT2D eigenvalue weighted by atomic mass is 9.91. The third-order valence-electron chi connectivity index (χ3n) is 7.81. The number of nitrogens with zero attached hydrogens (tertiary/aromatic N) is 1. The Morgan fingerprint density at radius 3 is 2.26 bits per heavy atom. The summed E-state index contributed by atoms with van der Waals surface area (Å²) in [6, 6.07) is 15.1. The van der Waals surface area contributed by atoms with Gasteiger partial charge in [0.25, 0.3) is 0 Å². The number of hydrogen-bond acceptors (Lipinski definition) is 4. The lowest BCUT2D eigenvalue weighted by Gasteiger charge is -2.35. The van der Waals surface area contributed by atoms with E-state index in [1.807, 2.05) is 0 Å². The number of benzene rings is 3. The zero-order valence-corrected chi connectivity index (χ0v) is 24.3. The minimum Gasteiger partial charge on any atom is -0.423 e. The molecule has 0 bridgehead atoms. The summed E-state index contributed by atoms with van der Waals surface area (Å²) >= 11 is 0. The molecular weight excluding hydrogens is 557 g/mol. The van der Waals surface area contributed by atoms with Crippen molar-refractivity contribution in [2.24, 2.45) is 5.73 Å². The molecule has 3 aromatic carbocycles. The number of amides is 2. The molecule has 1 unspecified atom stereocenters. The van der Waals surface area contributed by atoms with E-state index < -0.39 is 29.7 Å². The van der Waals surface area contributed by atoms with E-state index in [9.17, 15) is 27.6 Å². The van der Waals surface area contributed by atoms with Gasteiger partial charge in [0.2, 0.25) is 11.8 Å². The first-order valence-electron chi connectivity index (χ1n) is 14.8. The van der Waals surface area contributed by atoms with Crippen LogP contribution in [0, 0.1) is 0 Å². The average Bonchev–Trinajstić information content (AvgIpc) is 2.99. The normalized spacial score (nSPS) is 14.7. The van der Waals surface area contributed by atoms with E-state index in [1.54, 1.807) is 47.4 Å². The molecule has 0 saturated heterocycles. The molecule has 6 nitrogen and oxygen atoms in total. The monoisotopic (exact) mass is 594 g/mol. The smallest absolute Gasteiger partial charge is 0.416 e. The highest BCUT2D eigenvalue weighted by Crippen LogP contribution is 2.35. The average molecular weight is 595 g/mol. The van der Waals surface area contributed by atoms with Crippen molar-refractivity contribution in [1.82, 2.24) is 4.90 Å². The largest absolute Gasteiger partial charge is 0.423 e. The number of esters is 1. The molecule has 0 radical (unpaired) electrons. The number of fused-ring (bicyclic) bond motifs is 1. The first kappa shape index (κ1) is 31.8. The van der Waals surface area contributed by atoms with Crippen molar-refractivity contribution in [3.63, 3.8) is 0 Å². The second-order valence-corrected chi connectivity index (χ2v) is 10.9. The molecule has 4 rings (SSSR count). The third-order valence-corrected chi connectivity index (χ3v) is 7.81. The van der Waals surface area contributed by atoms with Gasteiger partial charge in [-0.1, -0.05) is 81.8 Å². The van der Waals surface area contributed by atoms with Gasteiger partial charge in [-0.15, -0.1) is 0 Å². The van der Waals surface area contributed by atoms with E-state index in [1.165, 1.54) is 31.4 Å². The summed E-state index contributed by atoms with van der Waals surface area (Å²) in [6.45, 7) is 2.50. The predicted octanol–water partition coefficient (Wildman–Crippen LogP) is 7.64. The van der Waals surface area contributed by atoms with Crippen LogP contribution in [0.3, 0.4) is 0 Å². The fraction of sp³-hybridized carbons (Fsp3) is 0.382. The number of primary amides is 1. The van der Waals surface area contributed by atoms with Crippen LogP contribution in [-0.2, 0) is 22.2 Å². The molecule has 1 heterocycles. The molecule has 228 valence electrons. The highest BCUT2D eigenvalue weighted by molar-refractivity contribution is 5.98. The maximum Gasteiger partial charge on any atom is 0.416 e. The van der Waals surface area contributed by atoms with E-state index >= 15 is 0 Å². The number of carbonyl (C=O) groups excluding carboxylic acids is 3. The fourth-order valence-corrected chi connectivity index (χ4v) is 5.53. The number of ether oxygens (including phenoxy) is 1. The van der Waals surface area contributed by atoms with Gasteiger partial charge in [-0.2, -0.15) is 13.2 Å². The molecule has 0 spiro atoms. The first-order valence-corrected chi connectivity index (χ1v) is 14.8. The van der Waals surface area contributed by atoms with Gasteiger partial charge in [-0.3, -0.25) is 9.59 Å². The topological polar surface area (TPSA) is 89.7 Å². The summed E-state index contributed by atoms with van der Waals surface area (Å²) < 4.78 is 44.7. The first-order chi connectivity index (χ1) is 20.6. The predicted molar refractivity (Wildman–Crippen MR) is 158 cm³/mol. The molecule has 0 fully saturated rings. The number of alkyl halides is 3. The number of nitrogens with two attached hydrogens (primary N) is 1. The second kappa shape index (κ2) is 14.4. The van der Waals surface area contributed by atoms with Gasteiger partial charge in [0, 0.05) is 13.0 Å². The molecule has 3 aromatic rings. The van der Waals surface area contributed by atoms with E-state index in [-0.39, 0.29) is 17.2 Å². The Hall–Kier alpha value is -4.14. The van der Waals surface area contributed by atoms with Crippen molar-refractivity contribution >= 4 is 17.8 Å². The van der Waals surface area contributed by atoms with Crippen LogP contribution in [0.2, 0.25) is 0 Å². The number of rotatable bonds is 12. The molecule has 43 heavy (non-hydrogen) atoms. The number of unbranched alkanes of at least 4 members (excludes halogenated alkanes) is 6. The molecule has 1 aliphatic heterocycles. The van der Waals surface area contributed by atoms with Gasteiger partial charge >= 0.3 is 12.1 Å². The molecule has 1 atom stereocenters. The summed E-state index contributed by atoms with van der Waals surface area (Å²) in [6.07, 6.45) is 3.98. The maximum absolute atomic E-state index is 13.2. The lowest BCUT2D eigenvalue weighted by Crippen LogP contribution is -2.45. The number of carbonyl (C=O) groups is 3. The van der Waals surface area contributed by atoms with Gasteiger partial charge < -0.3 is 15.4 Å². The molecule has 2 N–H and O–H groups in total. The highest BCUT2D eigenvalue weighted by Gasteiger charge is 2.35. The number of hydrogen-bond donors (Lipinski definition) is 1. The third kappa shape index (κ3) is 8.03. The molecule has 0 saturated carbocycles. The highest BCUT2D eigenvalue weighted by atomic mass is 19.4. The Kier molecular flexibility index (Phi) is 10.6. The van der Waals surface area contributed by atoms with E-state index in [0.717, 1.165) is 43.4 Å². The molecule has 0 aliphatic carbocycles. The van der Waals surface area contributed by atoms with Crippen LogP contribution in [0.15, 0.2) is 66.7 Å². The Labute approximate surface area is 250 Å². The van der Waals surface area contributed by atoms with Crippen molar-refractivity contribution in [2.45, 2.75) is 76.9 Å². The van der Waals surface area contributed by atoms with E-state index in [0.29, 0.717) is 36.1 Å². The van der Waals surface area contributed by atoms with E-state index in [4.69, 9.17) is 10.5 Å². The van der Waals surface area contributed by atoms with Crippen LogP contribution < -0.4 is 10.5 Å². The molecule has 2 amide bonds. The van der Waals surface area contributed by atoms with Crippen LogP contribution in [0.1, 0.15) is 91.4 Å². The van der Waals surface area contributed by atoms with Crippen LogP contribution in [0.25, 0.3) is 11.1 Å². The molecule has 1 aliphatic rings. The molecular formula is C34H37F3N2O4. The maximum atomic E-state index is 13.2. The summed E-state index contributed by atoms with van der Waals surface area (Å²) in [4.78, 5) is 40.3. The minimum atomic E-state index is -4.46. The summed E-state index contributed by atoms with van der Waals surface area (Å²) in [5.74, 6) is -1.15. The van der Waals surface area contributed by atoms with Crippen molar-refractivity contribution in [3.05, 3.63) is 89.0 Å². The summed E-state index contributed by atoms with van der Waals surface area (Å²) in [5, 5.41) is 0. The fourth-order valence-electron chi connectivity index (χ4n) is 5.53. The number of halogens is 3. The van der Waals surface area contributed by atoms with Gasteiger partial charge in [0.15, 0.2) is 0 Å². The van der Waals surface area contributed by atoms with Crippen LogP contribution >= 0.6 is 0 Å². The molecule has 9 heteroatoms. The Bertz CT molecular complexity index is 1440. The minimum absolute atomic E-state index is 0.0987. The van der Waals surface area contributed by atoms with Crippen LogP contribution in [0.4, 0.5) is 13.2 Å². The van der Waals surface area contributed by atoms with Crippen molar-refractivity contribution in [3.8, 4) is 16.9 Å². The summed E-state index contributed by atoms with van der Waals surface area (Å²) in [5.41, 5.74) is 7.40. The van der Waals surface area contributed by atoms with Crippen molar-refractivity contribution in [1.29, 1.82) is 0 Å². The zero-order valence-electron chi connectivity index (χ0n) is 24.3. The Morgan fingerprint density at radius 1 is 0.907 bits per heavy atom. The van der Waals surface area contributed by atoms with Gasteiger partial charge in [-0.25, -0.2) is 4.79 Å². The Morgan fingerprint density at radius 2 is 1.58 bits per heavy atom. The van der Waals surface area contributed by atoms with Crippen LogP contribution in [0.5, 0.6) is 5.75 Å². The standard InChI is InChI=1S/C34H37F3N2O4/c1-2-3-4-5-6-7-8-13-30(40)39-21-20-24-22-26(18-19-28(24)31(39)32(38)41)43-33(42)29-12-10-9-11-27(29)23-14-16-25(17-15-23)34(35,36)37/h9-12,14-19,22,31H,2-8,13,20-21H2,1H3,(H2,38,41). The quantitative estimate of drug-likeness (QED) is 0.133. The van der Waals surface area contributed by atoms with Crippen molar-refractivity contribution < 1.29 is 32.3 Å².